The number of hydrogen-bond acceptors (Lipinski definition) is 6. The van der Waals surface area contributed by atoms with Crippen LogP contribution in [0.3, 0.4) is 0 Å². The number of benzene rings is 1. The molecule has 1 amide bonds. The summed E-state index contributed by atoms with van der Waals surface area (Å²) in [6.45, 7) is 2.16. The van der Waals surface area contributed by atoms with Crippen LogP contribution in [-0.2, 0) is 11.3 Å². The Hall–Kier alpha value is -3.54. The molecule has 0 saturated heterocycles. The lowest BCUT2D eigenvalue weighted by Crippen LogP contribution is -2.50. The molecule has 1 aromatic carbocycles. The average molecular weight is 410 g/mol. The fraction of sp³-hybridized carbons (Fsp3) is 0.429. The number of likely N-dealkylation sites (N-methyl/N-ethyl adjacent to an activating group) is 1. The van der Waals surface area contributed by atoms with E-state index in [1.54, 1.807) is 6.92 Å². The summed E-state index contributed by atoms with van der Waals surface area (Å²) in [6.07, 6.45) is 3.02. The van der Waals surface area contributed by atoms with Gasteiger partial charge in [-0.05, 0) is 38.2 Å². The molecule has 9 heteroatoms. The van der Waals surface area contributed by atoms with E-state index in [2.05, 4.69) is 16.4 Å². The highest BCUT2D eigenvalue weighted by atomic mass is 16.2. The Labute approximate surface area is 174 Å². The molecule has 30 heavy (non-hydrogen) atoms. The normalized spacial score (nSPS) is 14.8. The molecule has 1 aliphatic carbocycles. The van der Waals surface area contributed by atoms with Crippen LogP contribution in [0.2, 0.25) is 0 Å². The molecule has 0 aliphatic heterocycles. The molecule has 3 rings (SSSR count). The SMILES string of the molecule is CCN(CC(=O)NC1(C#N)CCCC1)c1c(N)n(Cc2ccccc2)c(=O)[nH]c1=O. The standard InChI is InChI=1S/C21H26N6O3/c1-2-26(13-16(28)25-21(14-22)10-6-7-11-21)17-18(23)27(20(30)24-19(17)29)12-15-8-4-3-5-9-15/h3-5,8-9H,2,6-7,10-13,23H2,1H3,(H,25,28)(H,24,29,30). The molecule has 1 aromatic heterocycles. The molecule has 2 aromatic rings. The van der Waals surface area contributed by atoms with E-state index in [4.69, 9.17) is 5.73 Å². The lowest BCUT2D eigenvalue weighted by atomic mass is 10.00. The van der Waals surface area contributed by atoms with Crippen molar-refractivity contribution in [2.24, 2.45) is 0 Å². The summed E-state index contributed by atoms with van der Waals surface area (Å²) >= 11 is 0. The van der Waals surface area contributed by atoms with Gasteiger partial charge >= 0.3 is 5.69 Å². The summed E-state index contributed by atoms with van der Waals surface area (Å²) in [5, 5.41) is 12.3. The van der Waals surface area contributed by atoms with Gasteiger partial charge < -0.3 is 16.0 Å². The first-order chi connectivity index (χ1) is 14.4. The average Bonchev–Trinajstić information content (AvgIpc) is 3.19. The van der Waals surface area contributed by atoms with E-state index in [1.165, 1.54) is 9.47 Å². The molecule has 1 fully saturated rings. The number of H-pyrrole nitrogens is 1. The minimum absolute atomic E-state index is 0.00174. The molecule has 0 atom stereocenters. The number of nitriles is 1. The lowest BCUT2D eigenvalue weighted by Gasteiger charge is -2.27. The number of aromatic nitrogens is 2. The molecular formula is C21H26N6O3. The van der Waals surface area contributed by atoms with Crippen molar-refractivity contribution in [2.75, 3.05) is 23.7 Å². The second kappa shape index (κ2) is 8.86. The molecule has 0 spiro atoms. The van der Waals surface area contributed by atoms with E-state index >= 15 is 0 Å². The number of nitrogen functional groups attached to an aromatic ring is 1. The van der Waals surface area contributed by atoms with Crippen LogP contribution in [0.5, 0.6) is 0 Å². The van der Waals surface area contributed by atoms with Crippen molar-refractivity contribution in [3.63, 3.8) is 0 Å². The Morgan fingerprint density at radius 2 is 1.97 bits per heavy atom. The third-order valence-corrected chi connectivity index (χ3v) is 5.48. The molecule has 0 radical (unpaired) electrons. The number of anilines is 2. The maximum atomic E-state index is 12.6. The number of amides is 1. The van der Waals surface area contributed by atoms with Crippen LogP contribution in [-0.4, -0.2) is 34.1 Å². The number of hydrogen-bond donors (Lipinski definition) is 3. The molecule has 1 saturated carbocycles. The minimum atomic E-state index is -0.847. The number of nitrogens with one attached hydrogen (secondary N) is 2. The summed E-state index contributed by atoms with van der Waals surface area (Å²) in [5.74, 6) is -0.363. The van der Waals surface area contributed by atoms with Gasteiger partial charge in [0.05, 0.1) is 19.2 Å². The van der Waals surface area contributed by atoms with Crippen LogP contribution in [0.25, 0.3) is 0 Å². The van der Waals surface area contributed by atoms with Gasteiger partial charge in [-0.3, -0.25) is 19.1 Å². The number of nitrogens with zero attached hydrogens (tertiary/aromatic N) is 3. The quantitative estimate of drug-likeness (QED) is 0.621. The Balaban J connectivity index is 1.88. The Morgan fingerprint density at radius 3 is 2.57 bits per heavy atom. The molecule has 9 nitrogen and oxygen atoms in total. The molecule has 0 bridgehead atoms. The number of nitrogens with two attached hydrogens (primary N) is 1. The summed E-state index contributed by atoms with van der Waals surface area (Å²) in [4.78, 5) is 41.4. The van der Waals surface area contributed by atoms with Gasteiger partial charge in [-0.1, -0.05) is 30.3 Å². The van der Waals surface area contributed by atoms with E-state index < -0.39 is 16.8 Å². The molecule has 0 unspecified atom stereocenters. The van der Waals surface area contributed by atoms with Gasteiger partial charge in [0.15, 0.2) is 0 Å². The summed E-state index contributed by atoms with van der Waals surface area (Å²) < 4.78 is 1.28. The van der Waals surface area contributed by atoms with Crippen molar-refractivity contribution in [3.05, 3.63) is 56.7 Å². The Kier molecular flexibility index (Phi) is 6.26. The zero-order valence-corrected chi connectivity index (χ0v) is 17.0. The second-order valence-corrected chi connectivity index (χ2v) is 7.53. The Bertz CT molecular complexity index is 1060. The fourth-order valence-electron chi connectivity index (χ4n) is 3.88. The highest BCUT2D eigenvalue weighted by molar-refractivity contribution is 5.83. The number of carbonyl (C=O) groups excluding carboxylic acids is 1. The smallest absolute Gasteiger partial charge is 0.330 e. The minimum Gasteiger partial charge on any atom is -0.383 e. The lowest BCUT2D eigenvalue weighted by molar-refractivity contribution is -0.121. The van der Waals surface area contributed by atoms with Crippen LogP contribution >= 0.6 is 0 Å². The molecule has 4 N–H and O–H groups in total. The van der Waals surface area contributed by atoms with Gasteiger partial charge in [-0.15, -0.1) is 0 Å². The van der Waals surface area contributed by atoms with E-state index in [9.17, 15) is 19.6 Å². The first-order valence-corrected chi connectivity index (χ1v) is 10.0. The van der Waals surface area contributed by atoms with Gasteiger partial charge in [0, 0.05) is 6.54 Å². The van der Waals surface area contributed by atoms with E-state index in [1.807, 2.05) is 30.3 Å². The number of carbonyl (C=O) groups is 1. The van der Waals surface area contributed by atoms with Gasteiger partial charge in [0.1, 0.15) is 17.0 Å². The largest absolute Gasteiger partial charge is 0.383 e. The highest BCUT2D eigenvalue weighted by Crippen LogP contribution is 2.29. The third kappa shape index (κ3) is 4.38. The zero-order chi connectivity index (χ0) is 21.7. The van der Waals surface area contributed by atoms with Gasteiger partial charge in [0.2, 0.25) is 5.91 Å². The van der Waals surface area contributed by atoms with Gasteiger partial charge in [-0.25, -0.2) is 4.79 Å². The predicted molar refractivity (Wildman–Crippen MR) is 114 cm³/mol. The second-order valence-electron chi connectivity index (χ2n) is 7.53. The third-order valence-electron chi connectivity index (χ3n) is 5.48. The molecule has 158 valence electrons. The number of rotatable bonds is 7. The molecule has 1 heterocycles. The summed E-state index contributed by atoms with van der Waals surface area (Å²) in [7, 11) is 0. The first kappa shape index (κ1) is 21.2. The number of aromatic amines is 1. The van der Waals surface area contributed by atoms with Gasteiger partial charge in [0.25, 0.3) is 5.56 Å². The van der Waals surface area contributed by atoms with Crippen LogP contribution in [0.1, 0.15) is 38.2 Å². The van der Waals surface area contributed by atoms with Crippen LogP contribution in [0, 0.1) is 11.3 Å². The maximum Gasteiger partial charge on any atom is 0.330 e. The fourth-order valence-corrected chi connectivity index (χ4v) is 3.88. The predicted octanol–water partition coefficient (Wildman–Crippen LogP) is 0.946. The highest BCUT2D eigenvalue weighted by Gasteiger charge is 2.35. The van der Waals surface area contributed by atoms with Gasteiger partial charge in [-0.2, -0.15) is 5.26 Å². The van der Waals surface area contributed by atoms with E-state index in [0.29, 0.717) is 19.4 Å². The van der Waals surface area contributed by atoms with Crippen molar-refractivity contribution in [3.8, 4) is 6.07 Å². The topological polar surface area (TPSA) is 137 Å². The first-order valence-electron chi connectivity index (χ1n) is 10.0. The molecule has 1 aliphatic rings. The van der Waals surface area contributed by atoms with E-state index in [0.717, 1.165) is 18.4 Å². The maximum absolute atomic E-state index is 12.6. The van der Waals surface area contributed by atoms with Crippen molar-refractivity contribution in [2.45, 2.75) is 44.7 Å². The van der Waals surface area contributed by atoms with Crippen molar-refractivity contribution < 1.29 is 4.79 Å². The van der Waals surface area contributed by atoms with Crippen molar-refractivity contribution >= 4 is 17.4 Å². The molecular weight excluding hydrogens is 384 g/mol. The van der Waals surface area contributed by atoms with Crippen LogP contribution in [0.4, 0.5) is 11.5 Å². The zero-order valence-electron chi connectivity index (χ0n) is 17.0. The monoisotopic (exact) mass is 410 g/mol. The van der Waals surface area contributed by atoms with Crippen molar-refractivity contribution in [1.82, 2.24) is 14.9 Å². The summed E-state index contributed by atoms with van der Waals surface area (Å²) in [5.41, 5.74) is 5.03. The van der Waals surface area contributed by atoms with Crippen LogP contribution in [0.15, 0.2) is 39.9 Å². The van der Waals surface area contributed by atoms with Crippen LogP contribution < -0.4 is 27.2 Å². The Morgan fingerprint density at radius 1 is 1.30 bits per heavy atom. The van der Waals surface area contributed by atoms with Crippen molar-refractivity contribution in [1.29, 1.82) is 5.26 Å². The van der Waals surface area contributed by atoms with E-state index in [-0.39, 0.29) is 30.5 Å². The summed E-state index contributed by atoms with van der Waals surface area (Å²) in [6, 6.07) is 11.5.